The fraction of sp³-hybridized carbons (Fsp3) is 0.667. The van der Waals surface area contributed by atoms with E-state index in [1.165, 1.54) is 5.56 Å². The number of hydrogen-bond acceptors (Lipinski definition) is 4. The monoisotopic (exact) mass is 263 g/mol. The normalized spacial score (nSPS) is 18.3. The van der Waals surface area contributed by atoms with Gasteiger partial charge in [-0.3, -0.25) is 0 Å². The number of aromatic nitrogens is 1. The molecule has 0 saturated carbocycles. The summed E-state index contributed by atoms with van der Waals surface area (Å²) in [4.78, 5) is 6.84. The van der Waals surface area contributed by atoms with E-state index in [4.69, 9.17) is 10.5 Å². The Bertz CT molecular complexity index is 373. The van der Waals surface area contributed by atoms with E-state index in [9.17, 15) is 0 Å². The van der Waals surface area contributed by atoms with E-state index in [1.807, 2.05) is 6.20 Å². The number of hydrogen-bond donors (Lipinski definition) is 1. The van der Waals surface area contributed by atoms with Gasteiger partial charge in [0.2, 0.25) is 0 Å². The maximum atomic E-state index is 5.97. The van der Waals surface area contributed by atoms with Gasteiger partial charge in [-0.1, -0.05) is 13.0 Å². The van der Waals surface area contributed by atoms with Gasteiger partial charge in [-0.25, -0.2) is 4.98 Å². The highest BCUT2D eigenvalue weighted by atomic mass is 16.5. The zero-order valence-corrected chi connectivity index (χ0v) is 12.0. The third kappa shape index (κ3) is 3.91. The third-order valence-electron chi connectivity index (χ3n) is 3.93. The second kappa shape index (κ2) is 6.87. The molecule has 2 heterocycles. The van der Waals surface area contributed by atoms with Crippen LogP contribution < -0.4 is 10.6 Å². The summed E-state index contributed by atoms with van der Waals surface area (Å²) in [6.07, 6.45) is 6.04. The molecule has 0 radical (unpaired) electrons. The molecule has 1 aromatic heterocycles. The van der Waals surface area contributed by atoms with Crippen LogP contribution in [0.15, 0.2) is 18.3 Å². The molecule has 0 amide bonds. The lowest BCUT2D eigenvalue weighted by atomic mass is 10.1. The summed E-state index contributed by atoms with van der Waals surface area (Å²) in [5.74, 6) is 1.04. The first-order valence-corrected chi connectivity index (χ1v) is 7.21. The molecule has 19 heavy (non-hydrogen) atoms. The Morgan fingerprint density at radius 1 is 1.42 bits per heavy atom. The van der Waals surface area contributed by atoms with Crippen molar-refractivity contribution in [2.45, 2.75) is 44.7 Å². The number of anilines is 1. The molecule has 1 aromatic rings. The molecule has 0 aliphatic carbocycles. The van der Waals surface area contributed by atoms with E-state index in [1.54, 1.807) is 0 Å². The minimum absolute atomic E-state index is 0.237. The van der Waals surface area contributed by atoms with Crippen LogP contribution in [0.1, 0.15) is 31.7 Å². The van der Waals surface area contributed by atoms with Crippen LogP contribution >= 0.6 is 0 Å². The smallest absolute Gasteiger partial charge is 0.128 e. The van der Waals surface area contributed by atoms with Crippen molar-refractivity contribution < 1.29 is 4.74 Å². The van der Waals surface area contributed by atoms with E-state index in [2.05, 4.69) is 36.0 Å². The Kier molecular flexibility index (Phi) is 5.16. The molecule has 1 aliphatic rings. The Labute approximate surface area is 116 Å². The van der Waals surface area contributed by atoms with Crippen molar-refractivity contribution >= 4 is 5.82 Å². The van der Waals surface area contributed by atoms with Crippen LogP contribution in [0.3, 0.4) is 0 Å². The van der Waals surface area contributed by atoms with E-state index < -0.39 is 0 Å². The van der Waals surface area contributed by atoms with E-state index >= 15 is 0 Å². The van der Waals surface area contributed by atoms with Crippen molar-refractivity contribution in [1.82, 2.24) is 4.98 Å². The number of rotatable bonds is 5. The molecule has 1 fully saturated rings. The number of ether oxygens (including phenoxy) is 1. The fourth-order valence-electron chi connectivity index (χ4n) is 2.45. The molecule has 4 nitrogen and oxygen atoms in total. The van der Waals surface area contributed by atoms with Gasteiger partial charge in [0.1, 0.15) is 5.82 Å². The zero-order valence-electron chi connectivity index (χ0n) is 12.0. The van der Waals surface area contributed by atoms with Crippen molar-refractivity contribution in [2.24, 2.45) is 5.73 Å². The summed E-state index contributed by atoms with van der Waals surface area (Å²) in [7, 11) is 2.12. The molecule has 0 aromatic carbocycles. The lowest BCUT2D eigenvalue weighted by Gasteiger charge is -2.32. The topological polar surface area (TPSA) is 51.4 Å². The molecule has 1 unspecified atom stereocenters. The van der Waals surface area contributed by atoms with Gasteiger partial charge in [0, 0.05) is 38.5 Å². The number of pyridine rings is 1. The van der Waals surface area contributed by atoms with Crippen LogP contribution in [-0.4, -0.2) is 37.3 Å². The van der Waals surface area contributed by atoms with Crippen LogP contribution in [0.2, 0.25) is 0 Å². The van der Waals surface area contributed by atoms with Crippen LogP contribution in [-0.2, 0) is 11.2 Å². The summed E-state index contributed by atoms with van der Waals surface area (Å²) >= 11 is 0. The summed E-state index contributed by atoms with van der Waals surface area (Å²) in [5, 5.41) is 0. The third-order valence-corrected chi connectivity index (χ3v) is 3.93. The first kappa shape index (κ1) is 14.3. The van der Waals surface area contributed by atoms with Crippen molar-refractivity contribution in [3.8, 4) is 0 Å². The molecule has 4 heteroatoms. The SMILES string of the molecule is CCC(N)Cc1ccc(N(C)C2CCOCC2)nc1. The van der Waals surface area contributed by atoms with Gasteiger partial charge in [0.25, 0.3) is 0 Å². The lowest BCUT2D eigenvalue weighted by Crippen LogP contribution is -2.37. The maximum Gasteiger partial charge on any atom is 0.128 e. The van der Waals surface area contributed by atoms with Gasteiger partial charge in [0.05, 0.1) is 0 Å². The second-order valence-corrected chi connectivity index (χ2v) is 5.35. The summed E-state index contributed by atoms with van der Waals surface area (Å²) < 4.78 is 5.40. The first-order chi connectivity index (χ1) is 9.20. The molecule has 1 saturated heterocycles. The maximum absolute atomic E-state index is 5.97. The molecular formula is C15H25N3O. The van der Waals surface area contributed by atoms with Crippen molar-refractivity contribution in [3.05, 3.63) is 23.9 Å². The van der Waals surface area contributed by atoms with Gasteiger partial charge in [-0.2, -0.15) is 0 Å². The molecule has 2 N–H and O–H groups in total. The molecule has 1 atom stereocenters. The average Bonchev–Trinajstić information content (AvgIpc) is 2.48. The van der Waals surface area contributed by atoms with E-state index in [0.29, 0.717) is 6.04 Å². The summed E-state index contributed by atoms with van der Waals surface area (Å²) in [6, 6.07) is 5.03. The molecule has 106 valence electrons. The Balaban J connectivity index is 1.96. The highest BCUT2D eigenvalue weighted by Gasteiger charge is 2.19. The second-order valence-electron chi connectivity index (χ2n) is 5.35. The first-order valence-electron chi connectivity index (χ1n) is 7.21. The molecule has 0 bridgehead atoms. The number of nitrogens with zero attached hydrogens (tertiary/aromatic N) is 2. The van der Waals surface area contributed by atoms with Crippen molar-refractivity contribution in [2.75, 3.05) is 25.2 Å². The lowest BCUT2D eigenvalue weighted by molar-refractivity contribution is 0.0853. The van der Waals surface area contributed by atoms with Crippen LogP contribution in [0.25, 0.3) is 0 Å². The highest BCUT2D eigenvalue weighted by molar-refractivity contribution is 5.39. The van der Waals surface area contributed by atoms with Crippen LogP contribution in [0.4, 0.5) is 5.82 Å². The predicted molar refractivity (Wildman–Crippen MR) is 78.5 cm³/mol. The summed E-state index contributed by atoms with van der Waals surface area (Å²) in [5.41, 5.74) is 7.19. The highest BCUT2D eigenvalue weighted by Crippen LogP contribution is 2.19. The van der Waals surface area contributed by atoms with Crippen molar-refractivity contribution in [1.29, 1.82) is 0 Å². The van der Waals surface area contributed by atoms with Crippen LogP contribution in [0, 0.1) is 0 Å². The minimum atomic E-state index is 0.237. The van der Waals surface area contributed by atoms with E-state index in [-0.39, 0.29) is 6.04 Å². The van der Waals surface area contributed by atoms with Gasteiger partial charge in [-0.05, 0) is 37.3 Å². The van der Waals surface area contributed by atoms with Gasteiger partial charge < -0.3 is 15.4 Å². The number of nitrogens with two attached hydrogens (primary N) is 1. The molecule has 1 aliphatic heterocycles. The quantitative estimate of drug-likeness (QED) is 0.882. The zero-order chi connectivity index (χ0) is 13.7. The minimum Gasteiger partial charge on any atom is -0.381 e. The Hall–Kier alpha value is -1.13. The molecule has 2 rings (SSSR count). The average molecular weight is 263 g/mol. The largest absolute Gasteiger partial charge is 0.381 e. The van der Waals surface area contributed by atoms with Gasteiger partial charge in [0.15, 0.2) is 0 Å². The summed E-state index contributed by atoms with van der Waals surface area (Å²) in [6.45, 7) is 3.84. The van der Waals surface area contributed by atoms with Crippen molar-refractivity contribution in [3.63, 3.8) is 0 Å². The fourth-order valence-corrected chi connectivity index (χ4v) is 2.45. The predicted octanol–water partition coefficient (Wildman–Crippen LogP) is 1.98. The Morgan fingerprint density at radius 3 is 2.74 bits per heavy atom. The van der Waals surface area contributed by atoms with Crippen LogP contribution in [0.5, 0.6) is 0 Å². The standard InChI is InChI=1S/C15H25N3O/c1-3-13(16)10-12-4-5-15(17-11-12)18(2)14-6-8-19-9-7-14/h4-5,11,13-14H,3,6-10,16H2,1-2H3. The molecular weight excluding hydrogens is 238 g/mol. The van der Waals surface area contributed by atoms with Gasteiger partial charge >= 0.3 is 0 Å². The Morgan fingerprint density at radius 2 is 2.16 bits per heavy atom. The molecule has 0 spiro atoms. The van der Waals surface area contributed by atoms with E-state index in [0.717, 1.165) is 44.7 Å². The van der Waals surface area contributed by atoms with Gasteiger partial charge in [-0.15, -0.1) is 0 Å².